The summed E-state index contributed by atoms with van der Waals surface area (Å²) in [7, 11) is 1.49. The standard InChI is InChI=1S/C26H25ClN2O6/c1-33-23-15-10-18(27)16-22(23)29-24(30)8-5-9-26(32)34-17-25(31)28-19-11-13-21(14-12-19)35-20-6-3-2-4-7-20/h2-4,6-7,10-16H,5,8-9,17H2,1H3,(H,28,31)(H,29,30). The zero-order chi connectivity index (χ0) is 25.0. The van der Waals surface area contributed by atoms with E-state index in [2.05, 4.69) is 10.6 Å². The fourth-order valence-electron chi connectivity index (χ4n) is 3.03. The average molecular weight is 497 g/mol. The minimum absolute atomic E-state index is 0.00109. The summed E-state index contributed by atoms with van der Waals surface area (Å²) in [5.41, 5.74) is 0.989. The Balaban J connectivity index is 1.34. The molecule has 182 valence electrons. The van der Waals surface area contributed by atoms with E-state index in [-0.39, 0.29) is 25.2 Å². The van der Waals surface area contributed by atoms with Gasteiger partial charge in [-0.1, -0.05) is 29.8 Å². The van der Waals surface area contributed by atoms with Gasteiger partial charge in [-0.2, -0.15) is 0 Å². The van der Waals surface area contributed by atoms with Gasteiger partial charge in [-0.3, -0.25) is 14.4 Å². The number of amides is 2. The van der Waals surface area contributed by atoms with Crippen LogP contribution in [0.5, 0.6) is 17.2 Å². The van der Waals surface area contributed by atoms with Crippen LogP contribution in [-0.4, -0.2) is 31.5 Å². The molecule has 0 aliphatic heterocycles. The number of nitrogens with one attached hydrogen (secondary N) is 2. The number of ether oxygens (including phenoxy) is 3. The van der Waals surface area contributed by atoms with Crippen molar-refractivity contribution in [1.82, 2.24) is 0 Å². The highest BCUT2D eigenvalue weighted by Gasteiger charge is 2.12. The Bertz CT molecular complexity index is 1150. The molecular weight excluding hydrogens is 472 g/mol. The van der Waals surface area contributed by atoms with Gasteiger partial charge in [0.2, 0.25) is 5.91 Å². The van der Waals surface area contributed by atoms with Gasteiger partial charge >= 0.3 is 5.97 Å². The van der Waals surface area contributed by atoms with Crippen LogP contribution in [0, 0.1) is 0 Å². The molecule has 8 nitrogen and oxygen atoms in total. The van der Waals surface area contributed by atoms with Gasteiger partial charge in [0.1, 0.15) is 17.2 Å². The summed E-state index contributed by atoms with van der Waals surface area (Å²) < 4.78 is 15.9. The summed E-state index contributed by atoms with van der Waals surface area (Å²) in [5.74, 6) is 0.472. The van der Waals surface area contributed by atoms with Gasteiger partial charge in [-0.15, -0.1) is 0 Å². The van der Waals surface area contributed by atoms with Crippen molar-refractivity contribution < 1.29 is 28.6 Å². The number of rotatable bonds is 11. The maximum Gasteiger partial charge on any atom is 0.306 e. The van der Waals surface area contributed by atoms with E-state index in [9.17, 15) is 14.4 Å². The van der Waals surface area contributed by atoms with Crippen molar-refractivity contribution in [2.75, 3.05) is 24.4 Å². The number of carbonyl (C=O) groups excluding carboxylic acids is 3. The van der Waals surface area contributed by atoms with Crippen molar-refractivity contribution in [2.24, 2.45) is 0 Å². The minimum atomic E-state index is -0.570. The molecule has 35 heavy (non-hydrogen) atoms. The van der Waals surface area contributed by atoms with E-state index in [1.807, 2.05) is 30.3 Å². The molecule has 3 rings (SSSR count). The average Bonchev–Trinajstić information content (AvgIpc) is 2.85. The van der Waals surface area contributed by atoms with Crippen LogP contribution < -0.4 is 20.1 Å². The SMILES string of the molecule is COc1ccc(Cl)cc1NC(=O)CCCC(=O)OCC(=O)Nc1ccc(Oc2ccccc2)cc1. The molecule has 0 aliphatic rings. The summed E-state index contributed by atoms with van der Waals surface area (Å²) in [4.78, 5) is 36.1. The van der Waals surface area contributed by atoms with Gasteiger partial charge < -0.3 is 24.8 Å². The van der Waals surface area contributed by atoms with Crippen molar-refractivity contribution in [1.29, 1.82) is 0 Å². The van der Waals surface area contributed by atoms with E-state index in [0.717, 1.165) is 0 Å². The highest BCUT2D eigenvalue weighted by atomic mass is 35.5. The molecule has 2 N–H and O–H groups in total. The number of anilines is 2. The third-order valence-electron chi connectivity index (χ3n) is 4.70. The number of benzene rings is 3. The Labute approximate surface area is 208 Å². The van der Waals surface area contributed by atoms with E-state index in [1.54, 1.807) is 42.5 Å². The van der Waals surface area contributed by atoms with E-state index >= 15 is 0 Å². The van der Waals surface area contributed by atoms with E-state index in [1.165, 1.54) is 7.11 Å². The van der Waals surface area contributed by atoms with Crippen molar-refractivity contribution in [3.63, 3.8) is 0 Å². The van der Waals surface area contributed by atoms with Crippen LogP contribution in [0.25, 0.3) is 0 Å². The lowest BCUT2D eigenvalue weighted by Crippen LogP contribution is -2.21. The van der Waals surface area contributed by atoms with E-state index in [4.69, 9.17) is 25.8 Å². The normalized spacial score (nSPS) is 10.2. The van der Waals surface area contributed by atoms with Crippen LogP contribution >= 0.6 is 11.6 Å². The molecule has 0 unspecified atom stereocenters. The number of hydrogen-bond donors (Lipinski definition) is 2. The van der Waals surface area contributed by atoms with Gasteiger partial charge in [0.25, 0.3) is 5.91 Å². The second-order valence-electron chi connectivity index (χ2n) is 7.39. The third-order valence-corrected chi connectivity index (χ3v) is 4.94. The van der Waals surface area contributed by atoms with Gasteiger partial charge in [0.15, 0.2) is 6.61 Å². The minimum Gasteiger partial charge on any atom is -0.495 e. The highest BCUT2D eigenvalue weighted by Crippen LogP contribution is 2.28. The summed E-state index contributed by atoms with van der Waals surface area (Å²) in [6.07, 6.45) is 0.352. The molecule has 0 heterocycles. The van der Waals surface area contributed by atoms with Crippen LogP contribution in [0.1, 0.15) is 19.3 Å². The maximum absolute atomic E-state index is 12.1. The highest BCUT2D eigenvalue weighted by molar-refractivity contribution is 6.31. The van der Waals surface area contributed by atoms with Gasteiger partial charge in [-0.05, 0) is 61.0 Å². The monoisotopic (exact) mass is 496 g/mol. The lowest BCUT2D eigenvalue weighted by atomic mass is 10.2. The lowest BCUT2D eigenvalue weighted by molar-refractivity contribution is -0.147. The second-order valence-corrected chi connectivity index (χ2v) is 7.83. The Morgan fingerprint density at radius 1 is 0.829 bits per heavy atom. The summed E-state index contributed by atoms with van der Waals surface area (Å²) in [6, 6.07) is 21.0. The number of halogens is 1. The van der Waals surface area contributed by atoms with Crippen molar-refractivity contribution >= 4 is 40.8 Å². The summed E-state index contributed by atoms with van der Waals surface area (Å²) >= 11 is 5.94. The maximum atomic E-state index is 12.1. The summed E-state index contributed by atoms with van der Waals surface area (Å²) in [6.45, 7) is -0.424. The van der Waals surface area contributed by atoms with Crippen LogP contribution in [0.15, 0.2) is 72.8 Å². The van der Waals surface area contributed by atoms with Gasteiger partial charge in [0, 0.05) is 23.6 Å². The molecule has 0 saturated heterocycles. The molecule has 0 radical (unpaired) electrons. The molecule has 0 saturated carbocycles. The molecule has 0 fully saturated rings. The molecule has 9 heteroatoms. The predicted octanol–water partition coefficient (Wildman–Crippen LogP) is 5.43. The lowest BCUT2D eigenvalue weighted by Gasteiger charge is -2.10. The Morgan fingerprint density at radius 3 is 2.26 bits per heavy atom. The van der Waals surface area contributed by atoms with Gasteiger partial charge in [0.05, 0.1) is 12.8 Å². The third kappa shape index (κ3) is 8.68. The number of hydrogen-bond acceptors (Lipinski definition) is 6. The molecule has 2 amide bonds. The number of carbonyl (C=O) groups is 3. The predicted molar refractivity (Wildman–Crippen MR) is 133 cm³/mol. The molecule has 0 bridgehead atoms. The largest absolute Gasteiger partial charge is 0.495 e. The first kappa shape index (κ1) is 25.6. The Morgan fingerprint density at radius 2 is 1.54 bits per heavy atom. The number of methoxy groups -OCH3 is 1. The number of para-hydroxylation sites is 1. The fourth-order valence-corrected chi connectivity index (χ4v) is 3.20. The topological polar surface area (TPSA) is 103 Å². The first-order valence-electron chi connectivity index (χ1n) is 10.8. The van der Waals surface area contributed by atoms with Crippen molar-refractivity contribution in [3.05, 3.63) is 77.8 Å². The Kier molecular flexibility index (Phi) is 9.50. The molecule has 3 aromatic rings. The van der Waals surface area contributed by atoms with Crippen LogP contribution in [0.2, 0.25) is 5.02 Å². The Hall–Kier alpha value is -4.04. The molecule has 3 aromatic carbocycles. The van der Waals surface area contributed by atoms with E-state index in [0.29, 0.717) is 33.6 Å². The van der Waals surface area contributed by atoms with Gasteiger partial charge in [-0.25, -0.2) is 0 Å². The zero-order valence-electron chi connectivity index (χ0n) is 19.1. The molecule has 0 aromatic heterocycles. The fraction of sp³-hybridized carbons (Fsp3) is 0.192. The second kappa shape index (κ2) is 13.0. The van der Waals surface area contributed by atoms with Crippen LogP contribution in [-0.2, 0) is 19.1 Å². The van der Waals surface area contributed by atoms with Crippen molar-refractivity contribution in [2.45, 2.75) is 19.3 Å². The zero-order valence-corrected chi connectivity index (χ0v) is 19.8. The first-order chi connectivity index (χ1) is 16.9. The van der Waals surface area contributed by atoms with Crippen LogP contribution in [0.4, 0.5) is 11.4 Å². The van der Waals surface area contributed by atoms with E-state index < -0.39 is 18.5 Å². The quantitative estimate of drug-likeness (QED) is 0.343. The molecule has 0 spiro atoms. The number of esters is 1. The first-order valence-corrected chi connectivity index (χ1v) is 11.2. The van der Waals surface area contributed by atoms with Crippen molar-refractivity contribution in [3.8, 4) is 17.2 Å². The molecular formula is C26H25ClN2O6. The van der Waals surface area contributed by atoms with Crippen LogP contribution in [0.3, 0.4) is 0 Å². The molecule has 0 atom stereocenters. The smallest absolute Gasteiger partial charge is 0.306 e. The molecule has 0 aliphatic carbocycles. The summed E-state index contributed by atoms with van der Waals surface area (Å²) in [5, 5.41) is 5.80.